The van der Waals surface area contributed by atoms with Gasteiger partial charge in [0, 0.05) is 10.4 Å². The van der Waals surface area contributed by atoms with Crippen molar-refractivity contribution in [2.75, 3.05) is 13.1 Å². The molecule has 2 heterocycles. The molecule has 0 bridgehead atoms. The number of aromatic amines is 1. The molecule has 1 amide bonds. The maximum atomic E-state index is 12.8. The smallest absolute Gasteiger partial charge is 0.259 e. The first kappa shape index (κ1) is 22.6. The van der Waals surface area contributed by atoms with Crippen LogP contribution in [-0.2, 0) is 17.8 Å². The van der Waals surface area contributed by atoms with Crippen molar-refractivity contribution in [1.82, 2.24) is 20.2 Å². The van der Waals surface area contributed by atoms with Crippen LogP contribution in [0.1, 0.15) is 64.2 Å². The molecule has 28 heavy (non-hydrogen) atoms. The minimum absolute atomic E-state index is 0.0272. The van der Waals surface area contributed by atoms with E-state index >= 15 is 0 Å². The van der Waals surface area contributed by atoms with Gasteiger partial charge in [-0.15, -0.1) is 11.3 Å². The largest absolute Gasteiger partial charge is 0.350 e. The van der Waals surface area contributed by atoms with Crippen LogP contribution in [0.3, 0.4) is 0 Å². The number of likely N-dealkylation sites (N-methyl/N-ethyl adjacent to an activating group) is 1. The predicted molar refractivity (Wildman–Crippen MR) is 117 cm³/mol. The lowest BCUT2D eigenvalue weighted by Crippen LogP contribution is -2.45. The summed E-state index contributed by atoms with van der Waals surface area (Å²) in [7, 11) is 0. The third-order valence-corrected chi connectivity index (χ3v) is 5.90. The number of aryl methyl sites for hydroxylation is 1. The molecular formula is C21H34N4O2S. The van der Waals surface area contributed by atoms with E-state index in [0.717, 1.165) is 28.6 Å². The Balaban J connectivity index is 2.23. The number of nitrogens with zero attached hydrogens (tertiary/aromatic N) is 2. The number of nitrogens with one attached hydrogen (secondary N) is 2. The lowest BCUT2D eigenvalue weighted by Gasteiger charge is -2.24. The van der Waals surface area contributed by atoms with Gasteiger partial charge in [0.25, 0.3) is 5.56 Å². The van der Waals surface area contributed by atoms with Crippen LogP contribution in [0.25, 0.3) is 10.2 Å². The zero-order valence-corrected chi connectivity index (χ0v) is 19.0. The molecule has 2 aromatic heterocycles. The van der Waals surface area contributed by atoms with Gasteiger partial charge in [-0.25, -0.2) is 4.98 Å². The number of hydrogen-bond acceptors (Lipinski definition) is 5. The van der Waals surface area contributed by atoms with Gasteiger partial charge in [-0.2, -0.15) is 0 Å². The second-order valence-electron chi connectivity index (χ2n) is 8.65. The summed E-state index contributed by atoms with van der Waals surface area (Å²) in [4.78, 5) is 36.6. The van der Waals surface area contributed by atoms with E-state index < -0.39 is 0 Å². The SMILES string of the molecule is CC[C@H](C)Cc1c(C)sc2nc(CN(CC)CC(=O)NC(C)(C)C)[nH]c(=O)c12. The van der Waals surface area contributed by atoms with Gasteiger partial charge < -0.3 is 10.3 Å². The zero-order chi connectivity index (χ0) is 21.1. The topological polar surface area (TPSA) is 78.1 Å². The van der Waals surface area contributed by atoms with Crippen molar-refractivity contribution in [3.05, 3.63) is 26.6 Å². The van der Waals surface area contributed by atoms with E-state index in [1.54, 1.807) is 11.3 Å². The molecule has 0 aliphatic carbocycles. The van der Waals surface area contributed by atoms with Gasteiger partial charge >= 0.3 is 0 Å². The van der Waals surface area contributed by atoms with Gasteiger partial charge in [-0.3, -0.25) is 14.5 Å². The molecule has 0 saturated carbocycles. The zero-order valence-electron chi connectivity index (χ0n) is 18.2. The van der Waals surface area contributed by atoms with Crippen molar-refractivity contribution in [2.45, 2.75) is 73.4 Å². The molecule has 1 atom stereocenters. The summed E-state index contributed by atoms with van der Waals surface area (Å²) >= 11 is 1.59. The average molecular weight is 407 g/mol. The molecule has 0 saturated heterocycles. The van der Waals surface area contributed by atoms with Crippen LogP contribution in [0.5, 0.6) is 0 Å². The van der Waals surface area contributed by atoms with Crippen LogP contribution in [0.2, 0.25) is 0 Å². The lowest BCUT2D eigenvalue weighted by atomic mass is 9.98. The third-order valence-electron chi connectivity index (χ3n) is 4.86. The maximum absolute atomic E-state index is 12.8. The van der Waals surface area contributed by atoms with E-state index in [-0.39, 0.29) is 23.6 Å². The van der Waals surface area contributed by atoms with E-state index in [1.807, 2.05) is 32.6 Å². The summed E-state index contributed by atoms with van der Waals surface area (Å²) in [6, 6.07) is 0. The molecule has 2 N–H and O–H groups in total. The number of carbonyl (C=O) groups excluding carboxylic acids is 1. The molecule has 0 aliphatic heterocycles. The fourth-order valence-corrected chi connectivity index (χ4v) is 4.26. The van der Waals surface area contributed by atoms with Crippen LogP contribution >= 0.6 is 11.3 Å². The average Bonchev–Trinajstić information content (AvgIpc) is 2.88. The quantitative estimate of drug-likeness (QED) is 0.702. The van der Waals surface area contributed by atoms with Crippen LogP contribution < -0.4 is 10.9 Å². The molecule has 6 nitrogen and oxygen atoms in total. The molecule has 2 aromatic rings. The van der Waals surface area contributed by atoms with Crippen molar-refractivity contribution in [2.24, 2.45) is 5.92 Å². The fraction of sp³-hybridized carbons (Fsp3) is 0.667. The van der Waals surface area contributed by atoms with E-state index in [9.17, 15) is 9.59 Å². The van der Waals surface area contributed by atoms with Gasteiger partial charge in [0.05, 0.1) is 18.5 Å². The number of aromatic nitrogens is 2. The summed E-state index contributed by atoms with van der Waals surface area (Å²) in [6.07, 6.45) is 1.99. The van der Waals surface area contributed by atoms with E-state index in [1.165, 1.54) is 4.88 Å². The summed E-state index contributed by atoms with van der Waals surface area (Å²) in [5.74, 6) is 1.12. The first-order chi connectivity index (χ1) is 13.0. The number of fused-ring (bicyclic) bond motifs is 1. The van der Waals surface area contributed by atoms with E-state index in [2.05, 4.69) is 31.1 Å². The number of thiophene rings is 1. The monoisotopic (exact) mass is 406 g/mol. The second kappa shape index (κ2) is 9.18. The van der Waals surface area contributed by atoms with Gasteiger partial charge in [0.1, 0.15) is 10.7 Å². The van der Waals surface area contributed by atoms with Gasteiger partial charge in [-0.1, -0.05) is 27.2 Å². The number of H-pyrrole nitrogens is 1. The second-order valence-corrected chi connectivity index (χ2v) is 9.85. The van der Waals surface area contributed by atoms with E-state index in [4.69, 9.17) is 4.98 Å². The van der Waals surface area contributed by atoms with Crippen LogP contribution in [0.4, 0.5) is 0 Å². The molecule has 0 spiro atoms. The Kier molecular flexibility index (Phi) is 7.39. The molecule has 7 heteroatoms. The standard InChI is InChI=1S/C21H34N4O2S/c1-8-13(3)10-15-14(4)28-20-18(15)19(27)22-16(23-20)11-25(9-2)12-17(26)24-21(5,6)7/h13H,8-12H2,1-7H3,(H,24,26)(H,22,23,27)/t13-/m0/s1. The van der Waals surface area contributed by atoms with Crippen LogP contribution in [-0.4, -0.2) is 39.4 Å². The van der Waals surface area contributed by atoms with Crippen LogP contribution in [0, 0.1) is 12.8 Å². The normalized spacial score (nSPS) is 13.3. The third kappa shape index (κ3) is 5.88. The molecule has 0 aliphatic rings. The fourth-order valence-electron chi connectivity index (χ4n) is 3.19. The predicted octanol–water partition coefficient (Wildman–Crippen LogP) is 3.62. The molecule has 0 fully saturated rings. The molecular weight excluding hydrogens is 372 g/mol. The van der Waals surface area contributed by atoms with Gasteiger partial charge in [0.15, 0.2) is 0 Å². The Hall–Kier alpha value is -1.73. The van der Waals surface area contributed by atoms with Crippen molar-refractivity contribution in [3.8, 4) is 0 Å². The molecule has 0 radical (unpaired) electrons. The number of hydrogen-bond donors (Lipinski definition) is 2. The first-order valence-corrected chi connectivity index (χ1v) is 10.9. The highest BCUT2D eigenvalue weighted by Gasteiger charge is 2.19. The first-order valence-electron chi connectivity index (χ1n) is 10.1. The maximum Gasteiger partial charge on any atom is 0.259 e. The van der Waals surface area contributed by atoms with E-state index in [0.29, 0.717) is 24.8 Å². The highest BCUT2D eigenvalue weighted by atomic mass is 32.1. The molecule has 156 valence electrons. The highest BCUT2D eigenvalue weighted by molar-refractivity contribution is 7.18. The molecule has 0 unspecified atom stereocenters. The Morgan fingerprint density at radius 3 is 2.57 bits per heavy atom. The Morgan fingerprint density at radius 2 is 2.00 bits per heavy atom. The summed E-state index contributed by atoms with van der Waals surface area (Å²) in [5.41, 5.74) is 0.798. The number of amides is 1. The van der Waals surface area contributed by atoms with Crippen molar-refractivity contribution < 1.29 is 4.79 Å². The van der Waals surface area contributed by atoms with Crippen molar-refractivity contribution in [3.63, 3.8) is 0 Å². The number of rotatable bonds is 8. The van der Waals surface area contributed by atoms with Crippen LogP contribution in [0.15, 0.2) is 4.79 Å². The lowest BCUT2D eigenvalue weighted by molar-refractivity contribution is -0.123. The molecule has 0 aromatic carbocycles. The van der Waals surface area contributed by atoms with Crippen molar-refractivity contribution in [1.29, 1.82) is 0 Å². The minimum atomic E-state index is -0.261. The summed E-state index contributed by atoms with van der Waals surface area (Å²) in [6.45, 7) is 15.7. The summed E-state index contributed by atoms with van der Waals surface area (Å²) < 4.78 is 0. The Morgan fingerprint density at radius 1 is 1.32 bits per heavy atom. The van der Waals surface area contributed by atoms with Crippen molar-refractivity contribution >= 4 is 27.5 Å². The van der Waals surface area contributed by atoms with Gasteiger partial charge in [-0.05, 0) is 52.1 Å². The van der Waals surface area contributed by atoms with Gasteiger partial charge in [0.2, 0.25) is 5.91 Å². The molecule has 2 rings (SSSR count). The Bertz CT molecular complexity index is 879. The Labute approximate surface area is 171 Å². The highest BCUT2D eigenvalue weighted by Crippen LogP contribution is 2.29. The minimum Gasteiger partial charge on any atom is -0.350 e. The number of carbonyl (C=O) groups is 1. The summed E-state index contributed by atoms with van der Waals surface area (Å²) in [5, 5.41) is 3.71.